The van der Waals surface area contributed by atoms with Crippen molar-refractivity contribution in [3.05, 3.63) is 21.6 Å². The van der Waals surface area contributed by atoms with Crippen molar-refractivity contribution in [1.29, 1.82) is 0 Å². The van der Waals surface area contributed by atoms with Crippen LogP contribution < -0.4 is 0 Å². The Labute approximate surface area is 79.3 Å². The summed E-state index contributed by atoms with van der Waals surface area (Å²) < 4.78 is 0. The summed E-state index contributed by atoms with van der Waals surface area (Å²) >= 11 is 0. The molecule has 1 atom stereocenters. The molecular weight excluding hydrogens is 333 g/mol. The summed E-state index contributed by atoms with van der Waals surface area (Å²) in [5, 5.41) is 13.6. The molecule has 0 aliphatic heterocycles. The smallest absolute Gasteiger partial charge is 0.677 e. The molecular formula is C4H11N3O3Pt. The molecule has 0 spiro atoms. The SMILES string of the molecule is CC([NH-])CC[NH-].O=[N+]([O-])O.[Pt+2]. The Morgan fingerprint density at radius 3 is 2.00 bits per heavy atom. The van der Waals surface area contributed by atoms with E-state index < -0.39 is 5.09 Å². The standard InChI is InChI=1S/C4H10N2.HNO3.Pt/c1-4(6)2-3-5;2-1(3)4;/h4-6H,2-3H2,1H3;(H,2,3,4);/q-2;;+2. The van der Waals surface area contributed by atoms with E-state index in [1.165, 1.54) is 0 Å². The van der Waals surface area contributed by atoms with Crippen LogP contribution in [0.2, 0.25) is 0 Å². The predicted octanol–water partition coefficient (Wildman–Crippen LogP) is 1.52. The number of hydrogen-bond acceptors (Lipinski definition) is 2. The summed E-state index contributed by atoms with van der Waals surface area (Å²) in [6.45, 7) is 2.19. The van der Waals surface area contributed by atoms with E-state index in [9.17, 15) is 0 Å². The molecule has 0 aliphatic carbocycles. The van der Waals surface area contributed by atoms with Gasteiger partial charge in [0.1, 0.15) is 0 Å². The fourth-order valence-corrected chi connectivity index (χ4v) is 0.217. The number of nitrogens with zero attached hydrogens (tertiary/aromatic N) is 1. The number of nitrogens with one attached hydrogen (secondary N) is 2. The van der Waals surface area contributed by atoms with E-state index in [1.807, 2.05) is 0 Å². The van der Waals surface area contributed by atoms with Gasteiger partial charge in [-0.3, -0.25) is 0 Å². The molecule has 1 unspecified atom stereocenters. The third-order valence-corrected chi connectivity index (χ3v) is 0.577. The molecule has 0 aliphatic rings. The maximum Gasteiger partial charge on any atom is 2.00 e. The molecule has 6 nitrogen and oxygen atoms in total. The Hall–Kier alpha value is -0.192. The van der Waals surface area contributed by atoms with Crippen molar-refractivity contribution in [3.63, 3.8) is 0 Å². The Morgan fingerprint density at radius 2 is 2.00 bits per heavy atom. The summed E-state index contributed by atoms with van der Waals surface area (Å²) in [5.74, 6) is 0. The maximum atomic E-state index is 8.36. The van der Waals surface area contributed by atoms with Gasteiger partial charge in [0, 0.05) is 0 Å². The molecule has 0 aromatic carbocycles. The van der Waals surface area contributed by atoms with Crippen LogP contribution in [0.5, 0.6) is 0 Å². The van der Waals surface area contributed by atoms with Crippen LogP contribution in [0.15, 0.2) is 0 Å². The van der Waals surface area contributed by atoms with Crippen LogP contribution >= 0.6 is 0 Å². The molecule has 0 aromatic rings. The summed E-state index contributed by atoms with van der Waals surface area (Å²) in [5.41, 5.74) is 13.5. The Morgan fingerprint density at radius 1 is 1.73 bits per heavy atom. The van der Waals surface area contributed by atoms with Crippen molar-refractivity contribution in [1.82, 2.24) is 0 Å². The molecule has 0 fully saturated rings. The van der Waals surface area contributed by atoms with E-state index in [-0.39, 0.29) is 27.1 Å². The minimum absolute atomic E-state index is 0. The number of rotatable bonds is 2. The first kappa shape index (κ1) is 17.1. The van der Waals surface area contributed by atoms with Gasteiger partial charge >= 0.3 is 21.1 Å². The van der Waals surface area contributed by atoms with Crippen molar-refractivity contribution < 1.29 is 31.4 Å². The second kappa shape index (κ2) is 12.5. The molecule has 3 N–H and O–H groups in total. The van der Waals surface area contributed by atoms with Crippen LogP contribution in [-0.2, 0) is 21.1 Å². The van der Waals surface area contributed by atoms with Crippen LogP contribution in [0.4, 0.5) is 0 Å². The third-order valence-electron chi connectivity index (χ3n) is 0.577. The number of hydrogen-bond donors (Lipinski definition) is 1. The zero-order valence-electron chi connectivity index (χ0n) is 6.02. The second-order valence-corrected chi connectivity index (χ2v) is 1.68. The van der Waals surface area contributed by atoms with Gasteiger partial charge in [0.05, 0.1) is 0 Å². The van der Waals surface area contributed by atoms with E-state index in [0.717, 1.165) is 0 Å². The summed E-state index contributed by atoms with van der Waals surface area (Å²) in [4.78, 5) is 8.36. The molecule has 0 amide bonds. The van der Waals surface area contributed by atoms with Gasteiger partial charge in [-0.15, -0.1) is 16.2 Å². The largest absolute Gasteiger partial charge is 2.00 e. The zero-order valence-corrected chi connectivity index (χ0v) is 8.29. The first-order valence-corrected chi connectivity index (χ1v) is 2.69. The molecule has 0 saturated carbocycles. The van der Waals surface area contributed by atoms with Crippen LogP contribution in [0, 0.1) is 10.1 Å². The predicted molar refractivity (Wildman–Crippen MR) is 36.4 cm³/mol. The third kappa shape index (κ3) is 75.8. The fraction of sp³-hybridized carbons (Fsp3) is 1.00. The van der Waals surface area contributed by atoms with Crippen LogP contribution in [-0.4, -0.2) is 22.9 Å². The average molecular weight is 344 g/mol. The minimum atomic E-state index is -1.50. The van der Waals surface area contributed by atoms with Gasteiger partial charge in [-0.1, -0.05) is 13.3 Å². The Bertz CT molecular complexity index is 86.7. The van der Waals surface area contributed by atoms with Crippen LogP contribution in [0.1, 0.15) is 13.3 Å². The normalized spacial score (nSPS) is 10.1. The first-order chi connectivity index (χ1) is 4.50. The molecule has 7 heteroatoms. The Balaban J connectivity index is -0.000000114. The zero-order chi connectivity index (χ0) is 8.57. The van der Waals surface area contributed by atoms with Crippen LogP contribution in [0.3, 0.4) is 0 Å². The molecule has 0 saturated heterocycles. The van der Waals surface area contributed by atoms with Crippen molar-refractivity contribution in [2.24, 2.45) is 0 Å². The van der Waals surface area contributed by atoms with E-state index in [4.69, 9.17) is 26.8 Å². The quantitative estimate of drug-likeness (QED) is 0.605. The molecule has 0 aromatic heterocycles. The van der Waals surface area contributed by atoms with Crippen molar-refractivity contribution in [3.8, 4) is 0 Å². The molecule has 0 rings (SSSR count). The second-order valence-electron chi connectivity index (χ2n) is 1.68. The molecule has 11 heavy (non-hydrogen) atoms. The van der Waals surface area contributed by atoms with E-state index in [2.05, 4.69) is 0 Å². The molecule has 0 radical (unpaired) electrons. The topological polar surface area (TPSA) is 111 Å². The van der Waals surface area contributed by atoms with Gasteiger partial charge < -0.3 is 16.7 Å². The summed E-state index contributed by atoms with van der Waals surface area (Å²) in [7, 11) is 0. The maximum absolute atomic E-state index is 8.36. The van der Waals surface area contributed by atoms with Crippen molar-refractivity contribution in [2.45, 2.75) is 19.4 Å². The van der Waals surface area contributed by atoms with Crippen LogP contribution in [0.25, 0.3) is 11.5 Å². The van der Waals surface area contributed by atoms with Crippen molar-refractivity contribution >= 4 is 0 Å². The van der Waals surface area contributed by atoms with E-state index >= 15 is 0 Å². The van der Waals surface area contributed by atoms with E-state index in [1.54, 1.807) is 6.92 Å². The monoisotopic (exact) mass is 344 g/mol. The van der Waals surface area contributed by atoms with Gasteiger partial charge in [-0.25, -0.2) is 0 Å². The fourth-order valence-electron chi connectivity index (χ4n) is 0.217. The van der Waals surface area contributed by atoms with Gasteiger partial charge in [0.15, 0.2) is 0 Å². The summed E-state index contributed by atoms with van der Waals surface area (Å²) in [6, 6.07) is -0.0394. The van der Waals surface area contributed by atoms with Gasteiger partial charge in [-0.2, -0.15) is 6.54 Å². The van der Waals surface area contributed by atoms with Crippen molar-refractivity contribution in [2.75, 3.05) is 6.54 Å². The molecule has 70 valence electrons. The first-order valence-electron chi connectivity index (χ1n) is 2.69. The van der Waals surface area contributed by atoms with Gasteiger partial charge in [0.25, 0.3) is 5.09 Å². The minimum Gasteiger partial charge on any atom is -0.677 e. The molecule has 0 bridgehead atoms. The van der Waals surface area contributed by atoms with E-state index in [0.29, 0.717) is 13.0 Å². The van der Waals surface area contributed by atoms with Gasteiger partial charge in [0.2, 0.25) is 0 Å². The van der Waals surface area contributed by atoms with Gasteiger partial charge in [-0.05, 0) is 0 Å². The average Bonchev–Trinajstić information content (AvgIpc) is 1.62. The summed E-state index contributed by atoms with van der Waals surface area (Å²) in [6.07, 6.45) is 0.708. The molecule has 0 heterocycles. The Kier molecular flexibility index (Phi) is 19.4.